The first-order valence-electron chi connectivity index (χ1n) is 8.05. The molecule has 3 rings (SSSR count). The Kier molecular flexibility index (Phi) is 4.00. The number of anilines is 2. The lowest BCUT2D eigenvalue weighted by Crippen LogP contribution is -2.25. The average molecular weight is 283 g/mol. The summed E-state index contributed by atoms with van der Waals surface area (Å²) in [5.74, 6) is 2.75. The van der Waals surface area contributed by atoms with Gasteiger partial charge < -0.3 is 10.6 Å². The van der Waals surface area contributed by atoms with Gasteiger partial charge in [-0.15, -0.1) is 0 Å². The molecule has 21 heavy (non-hydrogen) atoms. The number of benzene rings is 1. The van der Waals surface area contributed by atoms with Crippen molar-refractivity contribution in [3.63, 3.8) is 0 Å². The number of aromatic nitrogens is 1. The molecule has 3 heteroatoms. The minimum absolute atomic E-state index is 0.789. The lowest BCUT2D eigenvalue weighted by molar-refractivity contribution is 0.351. The molecule has 0 aliphatic carbocycles. The Bertz CT molecular complexity index is 621. The van der Waals surface area contributed by atoms with Gasteiger partial charge in [0.25, 0.3) is 0 Å². The smallest absolute Gasteiger partial charge is 0.129 e. The summed E-state index contributed by atoms with van der Waals surface area (Å²) in [6, 6.07) is 10.2. The van der Waals surface area contributed by atoms with Gasteiger partial charge in [0.2, 0.25) is 0 Å². The maximum absolute atomic E-state index is 5.83. The van der Waals surface area contributed by atoms with Crippen molar-refractivity contribution in [2.45, 2.75) is 33.1 Å². The highest BCUT2D eigenvalue weighted by atomic mass is 15.2. The summed E-state index contributed by atoms with van der Waals surface area (Å²) < 4.78 is 0. The van der Waals surface area contributed by atoms with Crippen molar-refractivity contribution in [3.05, 3.63) is 30.3 Å². The number of hydrogen-bond acceptors (Lipinski definition) is 3. The molecule has 2 aromatic rings. The van der Waals surface area contributed by atoms with Crippen LogP contribution in [-0.2, 0) is 0 Å². The van der Waals surface area contributed by atoms with E-state index in [1.807, 2.05) is 18.2 Å². The average Bonchev–Trinajstić information content (AvgIpc) is 2.72. The fraction of sp³-hybridized carbons (Fsp3) is 0.500. The molecular weight excluding hydrogens is 258 g/mol. The van der Waals surface area contributed by atoms with Crippen LogP contribution >= 0.6 is 0 Å². The van der Waals surface area contributed by atoms with Crippen LogP contribution in [0, 0.1) is 11.8 Å². The van der Waals surface area contributed by atoms with Crippen LogP contribution in [0.4, 0.5) is 11.5 Å². The normalized spacial score (nSPS) is 20.0. The Hall–Kier alpha value is -1.77. The first-order chi connectivity index (χ1) is 10.1. The number of fused-ring (bicyclic) bond motifs is 1. The van der Waals surface area contributed by atoms with Crippen LogP contribution in [-0.4, -0.2) is 18.1 Å². The zero-order valence-corrected chi connectivity index (χ0v) is 13.0. The highest BCUT2D eigenvalue weighted by Crippen LogP contribution is 2.27. The zero-order chi connectivity index (χ0) is 14.8. The summed E-state index contributed by atoms with van der Waals surface area (Å²) in [5, 5.41) is 1.12. The number of hydrogen-bond donors (Lipinski definition) is 1. The van der Waals surface area contributed by atoms with Crippen molar-refractivity contribution in [3.8, 4) is 0 Å². The summed E-state index contributed by atoms with van der Waals surface area (Å²) in [6.45, 7) is 6.94. The van der Waals surface area contributed by atoms with E-state index in [-0.39, 0.29) is 0 Å². The summed E-state index contributed by atoms with van der Waals surface area (Å²) in [7, 11) is 0. The summed E-state index contributed by atoms with van der Waals surface area (Å²) >= 11 is 0. The van der Waals surface area contributed by atoms with Gasteiger partial charge in [0.15, 0.2) is 0 Å². The molecule has 2 heterocycles. The molecule has 2 N–H and O–H groups in total. The van der Waals surface area contributed by atoms with Gasteiger partial charge in [-0.1, -0.05) is 13.8 Å². The van der Waals surface area contributed by atoms with Gasteiger partial charge in [0.05, 0.1) is 5.52 Å². The van der Waals surface area contributed by atoms with Crippen LogP contribution in [0.15, 0.2) is 30.3 Å². The lowest BCUT2D eigenvalue weighted by Gasteiger charge is -2.22. The van der Waals surface area contributed by atoms with Crippen LogP contribution in [0.3, 0.4) is 0 Å². The first kappa shape index (κ1) is 14.2. The summed E-state index contributed by atoms with van der Waals surface area (Å²) in [5.41, 5.74) is 7.66. The van der Waals surface area contributed by atoms with Crippen molar-refractivity contribution in [1.82, 2.24) is 4.98 Å². The number of nitrogens with two attached hydrogens (primary N) is 1. The number of rotatable bonds is 2. The van der Waals surface area contributed by atoms with E-state index >= 15 is 0 Å². The van der Waals surface area contributed by atoms with Gasteiger partial charge in [0, 0.05) is 24.2 Å². The van der Waals surface area contributed by atoms with Crippen LogP contribution < -0.4 is 10.6 Å². The van der Waals surface area contributed by atoms with Crippen molar-refractivity contribution >= 4 is 22.4 Å². The Labute approximate surface area is 127 Å². The fourth-order valence-corrected chi connectivity index (χ4v) is 3.33. The molecule has 1 atom stereocenters. The van der Waals surface area contributed by atoms with Crippen LogP contribution in [0.5, 0.6) is 0 Å². The second-order valence-electron chi connectivity index (χ2n) is 6.54. The Morgan fingerprint density at radius 2 is 2.00 bits per heavy atom. The molecule has 0 saturated carbocycles. The second-order valence-corrected chi connectivity index (χ2v) is 6.54. The van der Waals surface area contributed by atoms with Crippen molar-refractivity contribution < 1.29 is 0 Å². The minimum Gasteiger partial charge on any atom is -0.399 e. The number of nitrogen functional groups attached to an aromatic ring is 1. The monoisotopic (exact) mass is 283 g/mol. The topological polar surface area (TPSA) is 42.1 Å². The van der Waals surface area contributed by atoms with E-state index in [1.165, 1.54) is 19.3 Å². The highest BCUT2D eigenvalue weighted by Gasteiger charge is 2.20. The van der Waals surface area contributed by atoms with E-state index < -0.39 is 0 Å². The van der Waals surface area contributed by atoms with Gasteiger partial charge in [-0.25, -0.2) is 4.98 Å². The predicted octanol–water partition coefficient (Wildman–Crippen LogP) is 4.08. The molecule has 1 saturated heterocycles. The fourth-order valence-electron chi connectivity index (χ4n) is 3.33. The zero-order valence-electron chi connectivity index (χ0n) is 13.0. The molecule has 1 aromatic heterocycles. The Morgan fingerprint density at radius 1 is 1.14 bits per heavy atom. The number of nitrogens with zero attached hydrogens (tertiary/aromatic N) is 2. The van der Waals surface area contributed by atoms with E-state index in [0.29, 0.717) is 0 Å². The predicted molar refractivity (Wildman–Crippen MR) is 90.5 cm³/mol. The van der Waals surface area contributed by atoms with E-state index in [2.05, 4.69) is 30.9 Å². The largest absolute Gasteiger partial charge is 0.399 e. The molecule has 0 bridgehead atoms. The molecule has 0 spiro atoms. The van der Waals surface area contributed by atoms with Gasteiger partial charge in [-0.2, -0.15) is 0 Å². The summed E-state index contributed by atoms with van der Waals surface area (Å²) in [4.78, 5) is 7.26. The standard InChI is InChI=1S/C18H25N3/c1-13(2)14-4-3-10-21(11-9-14)18-8-5-15-12-16(19)6-7-17(15)20-18/h5-8,12-14H,3-4,9-11,19H2,1-2H3. The van der Waals surface area contributed by atoms with E-state index in [1.54, 1.807) is 0 Å². The van der Waals surface area contributed by atoms with Crippen molar-refractivity contribution in [2.75, 3.05) is 23.7 Å². The molecule has 0 radical (unpaired) electrons. The molecule has 1 aromatic carbocycles. The maximum Gasteiger partial charge on any atom is 0.129 e. The van der Waals surface area contributed by atoms with Crippen LogP contribution in [0.2, 0.25) is 0 Å². The van der Waals surface area contributed by atoms with Crippen molar-refractivity contribution in [1.29, 1.82) is 0 Å². The van der Waals surface area contributed by atoms with Gasteiger partial charge in [0.1, 0.15) is 5.82 Å². The molecule has 0 amide bonds. The molecule has 1 aliphatic rings. The molecule has 3 nitrogen and oxygen atoms in total. The highest BCUT2D eigenvalue weighted by molar-refractivity contribution is 5.83. The maximum atomic E-state index is 5.83. The molecule has 1 aliphatic heterocycles. The van der Waals surface area contributed by atoms with Gasteiger partial charge in [-0.05, 0) is 61.4 Å². The van der Waals surface area contributed by atoms with E-state index in [0.717, 1.165) is 47.3 Å². The van der Waals surface area contributed by atoms with Crippen molar-refractivity contribution in [2.24, 2.45) is 11.8 Å². The lowest BCUT2D eigenvalue weighted by atomic mass is 9.89. The SMILES string of the molecule is CC(C)C1CCCN(c2ccc3cc(N)ccc3n2)CC1. The van der Waals surface area contributed by atoms with E-state index in [4.69, 9.17) is 10.7 Å². The third kappa shape index (κ3) is 3.12. The third-order valence-corrected chi connectivity index (χ3v) is 4.74. The van der Waals surface area contributed by atoms with Gasteiger partial charge >= 0.3 is 0 Å². The summed E-state index contributed by atoms with van der Waals surface area (Å²) in [6.07, 6.45) is 3.89. The van der Waals surface area contributed by atoms with Gasteiger partial charge in [-0.3, -0.25) is 0 Å². The van der Waals surface area contributed by atoms with Crippen LogP contribution in [0.25, 0.3) is 10.9 Å². The third-order valence-electron chi connectivity index (χ3n) is 4.74. The molecule has 112 valence electrons. The first-order valence-corrected chi connectivity index (χ1v) is 8.05. The quantitative estimate of drug-likeness (QED) is 0.844. The Morgan fingerprint density at radius 3 is 2.81 bits per heavy atom. The minimum atomic E-state index is 0.789. The molecule has 1 unspecified atom stereocenters. The van der Waals surface area contributed by atoms with E-state index in [9.17, 15) is 0 Å². The molecular formula is C18H25N3. The second kappa shape index (κ2) is 5.92. The molecule has 1 fully saturated rings. The Balaban J connectivity index is 1.81. The van der Waals surface area contributed by atoms with Crippen LogP contribution in [0.1, 0.15) is 33.1 Å². The number of pyridine rings is 1.